The number of furan rings is 1. The molecule has 0 spiro atoms. The van der Waals surface area contributed by atoms with Crippen molar-refractivity contribution in [1.82, 2.24) is 10.2 Å². The minimum Gasteiger partial charge on any atom is -0.475 e. The molecule has 1 atom stereocenters. The first-order valence-electron chi connectivity index (χ1n) is 5.37. The number of amides is 2. The molecule has 1 aliphatic rings. The molecule has 7 heteroatoms. The van der Waals surface area contributed by atoms with E-state index in [4.69, 9.17) is 9.52 Å². The van der Waals surface area contributed by atoms with Crippen molar-refractivity contribution in [2.24, 2.45) is 0 Å². The van der Waals surface area contributed by atoms with Crippen LogP contribution in [0.2, 0.25) is 0 Å². The molecule has 0 aliphatic carbocycles. The van der Waals surface area contributed by atoms with Gasteiger partial charge in [0.2, 0.25) is 17.6 Å². The zero-order chi connectivity index (χ0) is 13.3. The molecule has 1 unspecified atom stereocenters. The summed E-state index contributed by atoms with van der Waals surface area (Å²) in [5.41, 5.74) is 0. The normalized spacial score (nSPS) is 20.8. The lowest BCUT2D eigenvalue weighted by molar-refractivity contribution is -0.139. The van der Waals surface area contributed by atoms with Gasteiger partial charge >= 0.3 is 5.97 Å². The lowest BCUT2D eigenvalue weighted by Crippen LogP contribution is -2.56. The van der Waals surface area contributed by atoms with E-state index >= 15 is 0 Å². The zero-order valence-electron chi connectivity index (χ0n) is 9.67. The molecule has 0 radical (unpaired) electrons. The smallest absolute Gasteiger partial charge is 0.371 e. The number of imide groups is 1. The maximum atomic E-state index is 11.4. The Labute approximate surface area is 102 Å². The SMILES string of the molecule is CC1C(=O)NC(=O)CN1Cc1ccc(C(=O)O)o1. The Bertz CT molecular complexity index is 507. The van der Waals surface area contributed by atoms with Crippen LogP contribution in [0.4, 0.5) is 0 Å². The fourth-order valence-electron chi connectivity index (χ4n) is 1.74. The first-order chi connectivity index (χ1) is 8.47. The molecule has 1 aromatic heterocycles. The molecule has 2 rings (SSSR count). The Morgan fingerprint density at radius 2 is 2.28 bits per heavy atom. The van der Waals surface area contributed by atoms with Crippen LogP contribution < -0.4 is 5.32 Å². The second kappa shape index (κ2) is 4.61. The molecular formula is C11H12N2O5. The number of carbonyl (C=O) groups is 3. The van der Waals surface area contributed by atoms with Gasteiger partial charge in [-0.1, -0.05) is 0 Å². The van der Waals surface area contributed by atoms with Crippen molar-refractivity contribution in [3.05, 3.63) is 23.7 Å². The Morgan fingerprint density at radius 3 is 2.89 bits per heavy atom. The van der Waals surface area contributed by atoms with Gasteiger partial charge in [0.1, 0.15) is 5.76 Å². The standard InChI is InChI=1S/C11H12N2O5/c1-6-10(15)12-9(14)5-13(6)4-7-2-3-8(18-7)11(16)17/h2-3,6H,4-5H2,1H3,(H,16,17)(H,12,14,15). The molecule has 18 heavy (non-hydrogen) atoms. The quantitative estimate of drug-likeness (QED) is 0.724. The fourth-order valence-corrected chi connectivity index (χ4v) is 1.74. The van der Waals surface area contributed by atoms with E-state index in [0.29, 0.717) is 5.76 Å². The molecule has 0 saturated carbocycles. The van der Waals surface area contributed by atoms with Crippen molar-refractivity contribution in [3.8, 4) is 0 Å². The van der Waals surface area contributed by atoms with Gasteiger partial charge in [0, 0.05) is 0 Å². The second-order valence-electron chi connectivity index (χ2n) is 4.06. The zero-order valence-corrected chi connectivity index (χ0v) is 9.67. The van der Waals surface area contributed by atoms with E-state index in [9.17, 15) is 14.4 Å². The number of carboxylic acids is 1. The van der Waals surface area contributed by atoms with Crippen molar-refractivity contribution >= 4 is 17.8 Å². The average molecular weight is 252 g/mol. The summed E-state index contributed by atoms with van der Waals surface area (Å²) >= 11 is 0. The second-order valence-corrected chi connectivity index (χ2v) is 4.06. The van der Waals surface area contributed by atoms with E-state index < -0.39 is 12.0 Å². The Hall–Kier alpha value is -2.15. The molecule has 1 saturated heterocycles. The predicted molar refractivity (Wildman–Crippen MR) is 58.7 cm³/mol. The largest absolute Gasteiger partial charge is 0.475 e. The predicted octanol–water partition coefficient (Wildman–Crippen LogP) is -0.175. The van der Waals surface area contributed by atoms with Crippen LogP contribution in [0.1, 0.15) is 23.2 Å². The van der Waals surface area contributed by atoms with Crippen molar-refractivity contribution in [1.29, 1.82) is 0 Å². The molecule has 1 aromatic rings. The first-order valence-corrected chi connectivity index (χ1v) is 5.37. The van der Waals surface area contributed by atoms with E-state index in [1.807, 2.05) is 0 Å². The summed E-state index contributed by atoms with van der Waals surface area (Å²) in [6.45, 7) is 1.96. The number of hydrogen-bond acceptors (Lipinski definition) is 5. The summed E-state index contributed by atoms with van der Waals surface area (Å²) in [7, 11) is 0. The van der Waals surface area contributed by atoms with Crippen LogP contribution in [0.25, 0.3) is 0 Å². The lowest BCUT2D eigenvalue weighted by atomic mass is 10.2. The van der Waals surface area contributed by atoms with Crippen molar-refractivity contribution in [3.63, 3.8) is 0 Å². The maximum Gasteiger partial charge on any atom is 0.371 e. The van der Waals surface area contributed by atoms with Crippen LogP contribution in [0.15, 0.2) is 16.5 Å². The van der Waals surface area contributed by atoms with Gasteiger partial charge in [-0.25, -0.2) is 4.79 Å². The van der Waals surface area contributed by atoms with Gasteiger partial charge in [0.25, 0.3) is 0 Å². The molecule has 2 N–H and O–H groups in total. The topological polar surface area (TPSA) is 99.9 Å². The molecule has 0 bridgehead atoms. The number of piperazine rings is 1. The Morgan fingerprint density at radius 1 is 1.56 bits per heavy atom. The van der Waals surface area contributed by atoms with Crippen LogP contribution in [0.5, 0.6) is 0 Å². The number of nitrogens with one attached hydrogen (secondary N) is 1. The van der Waals surface area contributed by atoms with E-state index in [2.05, 4.69) is 5.32 Å². The van der Waals surface area contributed by atoms with Gasteiger partial charge < -0.3 is 9.52 Å². The summed E-state index contributed by atoms with van der Waals surface area (Å²) in [6, 6.07) is 2.41. The summed E-state index contributed by atoms with van der Waals surface area (Å²) in [4.78, 5) is 34.9. The van der Waals surface area contributed by atoms with Crippen LogP contribution in [0, 0.1) is 0 Å². The first kappa shape index (κ1) is 12.3. The molecule has 1 aliphatic heterocycles. The minimum absolute atomic E-state index is 0.0794. The Balaban J connectivity index is 2.09. The molecule has 7 nitrogen and oxygen atoms in total. The van der Waals surface area contributed by atoms with Gasteiger partial charge in [-0.3, -0.25) is 19.8 Å². The molecule has 2 heterocycles. The number of hydrogen-bond donors (Lipinski definition) is 2. The summed E-state index contributed by atoms with van der Waals surface area (Å²) in [6.07, 6.45) is 0. The molecular weight excluding hydrogens is 240 g/mol. The van der Waals surface area contributed by atoms with Crippen molar-refractivity contribution in [2.45, 2.75) is 19.5 Å². The Kier molecular flexibility index (Phi) is 3.15. The number of rotatable bonds is 3. The summed E-state index contributed by atoms with van der Waals surface area (Å²) in [5.74, 6) is -1.65. The van der Waals surface area contributed by atoms with Crippen molar-refractivity contribution < 1.29 is 23.9 Å². The highest BCUT2D eigenvalue weighted by Gasteiger charge is 2.30. The maximum absolute atomic E-state index is 11.4. The summed E-state index contributed by atoms with van der Waals surface area (Å²) < 4.78 is 5.08. The van der Waals surface area contributed by atoms with E-state index in [0.717, 1.165) is 0 Å². The number of carboxylic acid groups (broad SMARTS) is 1. The van der Waals surface area contributed by atoms with E-state index in [1.165, 1.54) is 12.1 Å². The molecule has 0 aromatic carbocycles. The van der Waals surface area contributed by atoms with Crippen LogP contribution in [-0.2, 0) is 16.1 Å². The van der Waals surface area contributed by atoms with Crippen LogP contribution in [0.3, 0.4) is 0 Å². The number of carbonyl (C=O) groups excluding carboxylic acids is 2. The average Bonchev–Trinajstić information content (AvgIpc) is 2.74. The number of nitrogens with zero attached hydrogens (tertiary/aromatic N) is 1. The highest BCUT2D eigenvalue weighted by atomic mass is 16.4. The van der Waals surface area contributed by atoms with E-state index in [-0.39, 0.29) is 30.7 Å². The molecule has 1 fully saturated rings. The molecule has 2 amide bonds. The van der Waals surface area contributed by atoms with Gasteiger partial charge in [-0.15, -0.1) is 0 Å². The highest BCUT2D eigenvalue weighted by Crippen LogP contribution is 2.14. The third-order valence-electron chi connectivity index (χ3n) is 2.77. The van der Waals surface area contributed by atoms with Gasteiger partial charge in [-0.05, 0) is 19.1 Å². The van der Waals surface area contributed by atoms with Crippen LogP contribution >= 0.6 is 0 Å². The van der Waals surface area contributed by atoms with Gasteiger partial charge in [0.05, 0.1) is 19.1 Å². The van der Waals surface area contributed by atoms with Crippen LogP contribution in [-0.4, -0.2) is 40.4 Å². The molecule has 96 valence electrons. The van der Waals surface area contributed by atoms with Gasteiger partial charge in [-0.2, -0.15) is 0 Å². The lowest BCUT2D eigenvalue weighted by Gasteiger charge is -2.30. The highest BCUT2D eigenvalue weighted by molar-refractivity contribution is 6.00. The third kappa shape index (κ3) is 2.40. The van der Waals surface area contributed by atoms with Gasteiger partial charge in [0.15, 0.2) is 0 Å². The summed E-state index contributed by atoms with van der Waals surface area (Å²) in [5, 5.41) is 10.9. The minimum atomic E-state index is -1.15. The van der Waals surface area contributed by atoms with Crippen molar-refractivity contribution in [2.75, 3.05) is 6.54 Å². The monoisotopic (exact) mass is 252 g/mol. The van der Waals surface area contributed by atoms with E-state index in [1.54, 1.807) is 11.8 Å². The number of aromatic carboxylic acids is 1. The fraction of sp³-hybridized carbons (Fsp3) is 0.364. The third-order valence-corrected chi connectivity index (χ3v) is 2.77.